The Labute approximate surface area is 51.9 Å². The van der Waals surface area contributed by atoms with Crippen LogP contribution in [0.2, 0.25) is 0 Å². The van der Waals surface area contributed by atoms with Crippen molar-refractivity contribution in [2.45, 2.75) is 12.5 Å². The lowest BCUT2D eigenvalue weighted by molar-refractivity contribution is -0.660. The van der Waals surface area contributed by atoms with Crippen molar-refractivity contribution >= 4 is 11.8 Å². The molecular formula is C5H7NO3. The Morgan fingerprint density at radius 1 is 1.78 bits per heavy atom. The first-order valence-corrected chi connectivity index (χ1v) is 2.76. The van der Waals surface area contributed by atoms with Crippen LogP contribution in [-0.4, -0.2) is 24.3 Å². The van der Waals surface area contributed by atoms with Crippen LogP contribution in [0.3, 0.4) is 0 Å². The van der Waals surface area contributed by atoms with Gasteiger partial charge >= 0.3 is 0 Å². The summed E-state index contributed by atoms with van der Waals surface area (Å²) in [5.74, 6) is -1.15. The Hall–Kier alpha value is -0.900. The molecule has 1 rings (SSSR count). The van der Waals surface area contributed by atoms with Gasteiger partial charge in [0.2, 0.25) is 0 Å². The fraction of sp³-hybridized carbons (Fsp3) is 0.600. The van der Waals surface area contributed by atoms with Crippen LogP contribution in [0, 0.1) is 0 Å². The lowest BCUT2D eigenvalue weighted by atomic mass is 10.2. The molecule has 0 bridgehead atoms. The van der Waals surface area contributed by atoms with E-state index < -0.39 is 12.0 Å². The van der Waals surface area contributed by atoms with Gasteiger partial charge in [-0.15, -0.1) is 0 Å². The summed E-state index contributed by atoms with van der Waals surface area (Å²) in [6.45, 7) is 0.290. The first-order chi connectivity index (χ1) is 4.20. The number of Topliss-reactive ketones (excluding diaryl/α,β-unsaturated/α-hetero) is 1. The molecule has 0 saturated carbocycles. The lowest BCUT2D eigenvalue weighted by Crippen LogP contribution is -2.90. The smallest absolute Gasteiger partial charge is 0.193 e. The molecule has 0 aromatic carbocycles. The summed E-state index contributed by atoms with van der Waals surface area (Å²) in [5, 5.41) is 11.5. The van der Waals surface area contributed by atoms with Gasteiger partial charge in [0.05, 0.1) is 12.4 Å². The molecule has 0 radical (unpaired) electrons. The van der Waals surface area contributed by atoms with Crippen molar-refractivity contribution in [2.24, 2.45) is 0 Å². The molecule has 2 N–H and O–H groups in total. The van der Waals surface area contributed by atoms with Crippen molar-refractivity contribution in [3.8, 4) is 0 Å². The number of carbonyl (C=O) groups is 2. The Balaban J connectivity index is 2.48. The van der Waals surface area contributed by atoms with E-state index >= 15 is 0 Å². The van der Waals surface area contributed by atoms with Crippen molar-refractivity contribution < 1.29 is 20.0 Å². The second kappa shape index (κ2) is 2.14. The Kier molecular flexibility index (Phi) is 1.48. The molecule has 0 unspecified atom stereocenters. The summed E-state index contributed by atoms with van der Waals surface area (Å²) >= 11 is 0. The summed E-state index contributed by atoms with van der Waals surface area (Å²) in [5.41, 5.74) is 0. The quantitative estimate of drug-likeness (QED) is 0.402. The monoisotopic (exact) mass is 129 g/mol. The van der Waals surface area contributed by atoms with Crippen LogP contribution in [-0.2, 0) is 9.59 Å². The highest BCUT2D eigenvalue weighted by Crippen LogP contribution is 1.90. The molecule has 1 fully saturated rings. The fourth-order valence-corrected chi connectivity index (χ4v) is 0.865. The van der Waals surface area contributed by atoms with E-state index in [-0.39, 0.29) is 12.2 Å². The zero-order valence-corrected chi connectivity index (χ0v) is 4.79. The van der Waals surface area contributed by atoms with Crippen molar-refractivity contribution in [2.75, 3.05) is 6.54 Å². The van der Waals surface area contributed by atoms with Gasteiger partial charge in [0.1, 0.15) is 12.6 Å². The van der Waals surface area contributed by atoms with Crippen molar-refractivity contribution in [3.05, 3.63) is 0 Å². The van der Waals surface area contributed by atoms with Crippen molar-refractivity contribution in [1.29, 1.82) is 0 Å². The van der Waals surface area contributed by atoms with Crippen LogP contribution < -0.4 is 10.4 Å². The van der Waals surface area contributed by atoms with Gasteiger partial charge in [-0.05, 0) is 0 Å². The minimum absolute atomic E-state index is 0.01000. The van der Waals surface area contributed by atoms with E-state index in [1.54, 1.807) is 0 Å². The number of nitrogens with two attached hydrogens (primary N) is 1. The van der Waals surface area contributed by atoms with Crippen molar-refractivity contribution in [1.82, 2.24) is 0 Å². The average molecular weight is 129 g/mol. The lowest BCUT2D eigenvalue weighted by Gasteiger charge is -2.04. The van der Waals surface area contributed by atoms with Crippen LogP contribution in [0.15, 0.2) is 0 Å². The Morgan fingerprint density at radius 3 is 2.67 bits per heavy atom. The van der Waals surface area contributed by atoms with Gasteiger partial charge in [-0.25, -0.2) is 0 Å². The summed E-state index contributed by atoms with van der Waals surface area (Å²) in [4.78, 5) is 20.5. The highest BCUT2D eigenvalue weighted by atomic mass is 16.4. The third-order valence-corrected chi connectivity index (χ3v) is 1.38. The second-order valence-electron chi connectivity index (χ2n) is 2.11. The fourth-order valence-electron chi connectivity index (χ4n) is 0.865. The van der Waals surface area contributed by atoms with Gasteiger partial charge in [0, 0.05) is 0 Å². The molecule has 0 amide bonds. The van der Waals surface area contributed by atoms with Crippen LogP contribution in [0.5, 0.6) is 0 Å². The highest BCUT2D eigenvalue weighted by Gasteiger charge is 2.25. The minimum Gasteiger partial charge on any atom is -0.544 e. The Bertz CT molecular complexity index is 154. The molecule has 50 valence electrons. The maximum atomic E-state index is 10.4. The van der Waals surface area contributed by atoms with Gasteiger partial charge in [-0.3, -0.25) is 4.79 Å². The molecule has 1 aliphatic rings. The van der Waals surface area contributed by atoms with E-state index in [9.17, 15) is 14.7 Å². The van der Waals surface area contributed by atoms with Gasteiger partial charge in [-0.2, -0.15) is 0 Å². The summed E-state index contributed by atoms with van der Waals surface area (Å²) in [6.07, 6.45) is 0.127. The van der Waals surface area contributed by atoms with Crippen molar-refractivity contribution in [3.63, 3.8) is 0 Å². The van der Waals surface area contributed by atoms with E-state index in [1.807, 2.05) is 0 Å². The zero-order chi connectivity index (χ0) is 6.85. The Morgan fingerprint density at radius 2 is 2.44 bits per heavy atom. The van der Waals surface area contributed by atoms with E-state index in [1.165, 1.54) is 5.32 Å². The number of rotatable bonds is 1. The number of hydrogen-bond donors (Lipinski definition) is 1. The predicted molar refractivity (Wildman–Crippen MR) is 25.2 cm³/mol. The van der Waals surface area contributed by atoms with Gasteiger partial charge in [0.25, 0.3) is 0 Å². The molecule has 9 heavy (non-hydrogen) atoms. The number of aliphatic carboxylic acids is 1. The van der Waals surface area contributed by atoms with Crippen LogP contribution in [0.1, 0.15) is 6.42 Å². The molecule has 1 heterocycles. The summed E-state index contributed by atoms with van der Waals surface area (Å²) < 4.78 is 0. The maximum Gasteiger partial charge on any atom is 0.193 e. The first kappa shape index (κ1) is 6.22. The molecule has 0 aromatic heterocycles. The minimum atomic E-state index is -1.14. The predicted octanol–water partition coefficient (Wildman–Crippen LogP) is -3.36. The van der Waals surface area contributed by atoms with Gasteiger partial charge in [-0.1, -0.05) is 0 Å². The highest BCUT2D eigenvalue weighted by molar-refractivity contribution is 5.86. The van der Waals surface area contributed by atoms with Crippen LogP contribution in [0.4, 0.5) is 0 Å². The van der Waals surface area contributed by atoms with E-state index in [4.69, 9.17) is 0 Å². The third-order valence-electron chi connectivity index (χ3n) is 1.38. The maximum absolute atomic E-state index is 10.4. The van der Waals surface area contributed by atoms with Crippen LogP contribution in [0.25, 0.3) is 0 Å². The number of quaternary nitrogens is 1. The second-order valence-corrected chi connectivity index (χ2v) is 2.11. The molecule has 0 aliphatic carbocycles. The summed E-state index contributed by atoms with van der Waals surface area (Å²) in [6, 6.07) is -0.627. The molecule has 4 heteroatoms. The van der Waals surface area contributed by atoms with E-state index in [0.29, 0.717) is 6.54 Å². The van der Waals surface area contributed by atoms with E-state index in [0.717, 1.165) is 0 Å². The molecule has 0 spiro atoms. The number of carboxylic acid groups (broad SMARTS) is 1. The normalized spacial score (nSPS) is 26.7. The molecule has 0 aromatic rings. The number of ketones is 1. The SMILES string of the molecule is O=C1C[NH2+][C@@H](C(=O)[O-])C1. The average Bonchev–Trinajstić information content (AvgIpc) is 2.14. The van der Waals surface area contributed by atoms with E-state index in [2.05, 4.69) is 0 Å². The standard InChI is InChI=1S/C5H7NO3/c7-3-1-4(5(8)9)6-2-3/h4,6H,1-2H2,(H,8,9)/t4-/m1/s1. The number of carbonyl (C=O) groups excluding carboxylic acids is 2. The first-order valence-electron chi connectivity index (χ1n) is 2.76. The summed E-state index contributed by atoms with van der Waals surface area (Å²) in [7, 11) is 0. The van der Waals surface area contributed by atoms with Gasteiger partial charge < -0.3 is 15.2 Å². The largest absolute Gasteiger partial charge is 0.544 e. The zero-order valence-electron chi connectivity index (χ0n) is 4.79. The molecule has 4 nitrogen and oxygen atoms in total. The molecule has 1 atom stereocenters. The number of hydrogen-bond acceptors (Lipinski definition) is 3. The third kappa shape index (κ3) is 1.26. The topological polar surface area (TPSA) is 73.8 Å². The van der Waals surface area contributed by atoms with Crippen LogP contribution >= 0.6 is 0 Å². The molecule has 1 aliphatic heterocycles. The molecular weight excluding hydrogens is 122 g/mol. The van der Waals surface area contributed by atoms with Gasteiger partial charge in [0.15, 0.2) is 5.78 Å². The number of carboxylic acids is 1. The molecule has 1 saturated heterocycles.